The number of thioether (sulfide) groups is 1. The van der Waals surface area contributed by atoms with Crippen molar-refractivity contribution in [1.82, 2.24) is 20.2 Å². The largest absolute Gasteiger partial charge is 0.325 e. The molecular formula is C19H27N5OS. The third-order valence-corrected chi connectivity index (χ3v) is 5.92. The average molecular weight is 374 g/mol. The molecule has 0 radical (unpaired) electrons. The summed E-state index contributed by atoms with van der Waals surface area (Å²) in [6.45, 7) is 6.15. The molecular weight excluding hydrogens is 346 g/mol. The van der Waals surface area contributed by atoms with Crippen LogP contribution in [0.5, 0.6) is 0 Å². The van der Waals surface area contributed by atoms with Crippen molar-refractivity contribution in [2.75, 3.05) is 5.32 Å². The molecule has 0 aliphatic heterocycles. The van der Waals surface area contributed by atoms with E-state index in [2.05, 4.69) is 40.8 Å². The quantitative estimate of drug-likeness (QED) is 0.759. The number of hydrogen-bond acceptors (Lipinski definition) is 5. The standard InChI is InChI=1S/C19H27N5OS/c1-13(2)16-11-7-8-12-17(16)20-18(25)14(3)26-19-21-22-23-24(19)15-9-5-4-6-10-15/h7-8,11-15H,4-6,9-10H2,1-3H3,(H,20,25). The molecule has 7 heteroatoms. The predicted octanol–water partition coefficient (Wildman–Crippen LogP) is 4.42. The van der Waals surface area contributed by atoms with Crippen molar-refractivity contribution in [3.63, 3.8) is 0 Å². The fourth-order valence-corrected chi connectivity index (χ4v) is 4.24. The molecule has 3 rings (SSSR count). The van der Waals surface area contributed by atoms with Gasteiger partial charge in [-0.1, -0.05) is 63.1 Å². The molecule has 0 spiro atoms. The molecule has 1 unspecified atom stereocenters. The highest BCUT2D eigenvalue weighted by molar-refractivity contribution is 8.00. The lowest BCUT2D eigenvalue weighted by Gasteiger charge is -2.22. The molecule has 1 aromatic heterocycles. The minimum absolute atomic E-state index is 0.0266. The molecule has 0 saturated heterocycles. The van der Waals surface area contributed by atoms with E-state index in [4.69, 9.17) is 0 Å². The third kappa shape index (κ3) is 4.44. The SMILES string of the molecule is CC(Sc1nnnn1C1CCCCC1)C(=O)Nc1ccccc1C(C)C. The van der Waals surface area contributed by atoms with E-state index in [-0.39, 0.29) is 11.2 Å². The second-order valence-corrected chi connectivity index (χ2v) is 8.50. The van der Waals surface area contributed by atoms with Gasteiger partial charge in [-0.15, -0.1) is 5.10 Å². The number of carbonyl (C=O) groups is 1. The summed E-state index contributed by atoms with van der Waals surface area (Å²) >= 11 is 1.43. The van der Waals surface area contributed by atoms with Crippen molar-refractivity contribution in [2.24, 2.45) is 0 Å². The normalized spacial score (nSPS) is 16.6. The van der Waals surface area contributed by atoms with Crippen molar-refractivity contribution in [2.45, 2.75) is 75.2 Å². The molecule has 1 heterocycles. The van der Waals surface area contributed by atoms with Crippen LogP contribution < -0.4 is 5.32 Å². The fourth-order valence-electron chi connectivity index (χ4n) is 3.38. The summed E-state index contributed by atoms with van der Waals surface area (Å²) in [6, 6.07) is 8.32. The smallest absolute Gasteiger partial charge is 0.237 e. The van der Waals surface area contributed by atoms with Gasteiger partial charge in [-0.3, -0.25) is 4.79 Å². The topological polar surface area (TPSA) is 72.7 Å². The minimum Gasteiger partial charge on any atom is -0.325 e. The van der Waals surface area contributed by atoms with E-state index in [1.54, 1.807) is 0 Å². The van der Waals surface area contributed by atoms with Gasteiger partial charge in [-0.05, 0) is 47.7 Å². The van der Waals surface area contributed by atoms with E-state index in [1.807, 2.05) is 29.8 Å². The summed E-state index contributed by atoms with van der Waals surface area (Å²) in [4.78, 5) is 12.7. The Morgan fingerprint density at radius 3 is 2.65 bits per heavy atom. The van der Waals surface area contributed by atoms with E-state index in [1.165, 1.54) is 31.0 Å². The first-order valence-electron chi connectivity index (χ1n) is 9.40. The second kappa shape index (κ2) is 8.66. The van der Waals surface area contributed by atoms with Gasteiger partial charge in [0.2, 0.25) is 11.1 Å². The van der Waals surface area contributed by atoms with E-state index in [0.29, 0.717) is 12.0 Å². The van der Waals surface area contributed by atoms with Crippen LogP contribution in [-0.4, -0.2) is 31.4 Å². The molecule has 140 valence electrons. The maximum absolute atomic E-state index is 12.7. The molecule has 1 atom stereocenters. The van der Waals surface area contributed by atoms with Gasteiger partial charge in [-0.25, -0.2) is 4.68 Å². The highest BCUT2D eigenvalue weighted by Gasteiger charge is 2.24. The van der Waals surface area contributed by atoms with Crippen LogP contribution in [-0.2, 0) is 4.79 Å². The van der Waals surface area contributed by atoms with Gasteiger partial charge >= 0.3 is 0 Å². The Morgan fingerprint density at radius 2 is 1.92 bits per heavy atom. The zero-order chi connectivity index (χ0) is 18.5. The summed E-state index contributed by atoms with van der Waals surface area (Å²) in [5, 5.41) is 15.7. The van der Waals surface area contributed by atoms with Crippen LogP contribution in [0.4, 0.5) is 5.69 Å². The van der Waals surface area contributed by atoms with Crippen molar-refractivity contribution >= 4 is 23.4 Å². The Balaban J connectivity index is 1.66. The molecule has 1 fully saturated rings. The first-order valence-corrected chi connectivity index (χ1v) is 10.3. The Hall–Kier alpha value is -1.89. The number of tetrazole rings is 1. The third-order valence-electron chi connectivity index (χ3n) is 4.88. The Kier molecular flexibility index (Phi) is 6.29. The molecule has 1 N–H and O–H groups in total. The van der Waals surface area contributed by atoms with Crippen molar-refractivity contribution in [1.29, 1.82) is 0 Å². The summed E-state index contributed by atoms with van der Waals surface area (Å²) < 4.78 is 1.91. The number of aromatic nitrogens is 4. The van der Waals surface area contributed by atoms with Crippen LogP contribution >= 0.6 is 11.8 Å². The predicted molar refractivity (Wildman–Crippen MR) is 104 cm³/mol. The molecule has 2 aromatic rings. The number of rotatable bonds is 6. The van der Waals surface area contributed by atoms with Crippen molar-refractivity contribution < 1.29 is 4.79 Å². The summed E-state index contributed by atoms with van der Waals surface area (Å²) in [5.74, 6) is 0.328. The highest BCUT2D eigenvalue weighted by atomic mass is 32.2. The maximum Gasteiger partial charge on any atom is 0.237 e. The second-order valence-electron chi connectivity index (χ2n) is 7.19. The summed E-state index contributed by atoms with van der Waals surface area (Å²) in [5.41, 5.74) is 2.02. The summed E-state index contributed by atoms with van der Waals surface area (Å²) in [7, 11) is 0. The van der Waals surface area contributed by atoms with Crippen LogP contribution in [0.25, 0.3) is 0 Å². The first-order chi connectivity index (χ1) is 12.6. The Bertz CT molecular complexity index is 739. The number of nitrogens with zero attached hydrogens (tertiary/aromatic N) is 4. The van der Waals surface area contributed by atoms with Gasteiger partial charge in [0, 0.05) is 5.69 Å². The minimum atomic E-state index is -0.274. The van der Waals surface area contributed by atoms with Gasteiger partial charge in [0.15, 0.2) is 0 Å². The van der Waals surface area contributed by atoms with Crippen LogP contribution in [0, 0.1) is 0 Å². The molecule has 1 aliphatic rings. The number of amides is 1. The molecule has 1 aromatic carbocycles. The fraction of sp³-hybridized carbons (Fsp3) is 0.579. The summed E-state index contributed by atoms with van der Waals surface area (Å²) in [6.07, 6.45) is 5.95. The van der Waals surface area contributed by atoms with Crippen LogP contribution in [0.1, 0.15) is 70.4 Å². The van der Waals surface area contributed by atoms with Gasteiger partial charge in [0.1, 0.15) is 0 Å². The Morgan fingerprint density at radius 1 is 1.19 bits per heavy atom. The van der Waals surface area contributed by atoms with Crippen LogP contribution in [0.15, 0.2) is 29.4 Å². The van der Waals surface area contributed by atoms with Gasteiger partial charge in [0.25, 0.3) is 0 Å². The van der Waals surface area contributed by atoms with Gasteiger partial charge in [-0.2, -0.15) is 0 Å². The van der Waals surface area contributed by atoms with E-state index < -0.39 is 0 Å². The van der Waals surface area contributed by atoms with E-state index >= 15 is 0 Å². The molecule has 6 nitrogen and oxygen atoms in total. The van der Waals surface area contributed by atoms with Gasteiger partial charge in [0.05, 0.1) is 11.3 Å². The molecule has 26 heavy (non-hydrogen) atoms. The number of hydrogen-bond donors (Lipinski definition) is 1. The highest BCUT2D eigenvalue weighted by Crippen LogP contribution is 2.32. The van der Waals surface area contributed by atoms with Crippen molar-refractivity contribution in [3.05, 3.63) is 29.8 Å². The number of anilines is 1. The monoisotopic (exact) mass is 373 g/mol. The lowest BCUT2D eigenvalue weighted by atomic mass is 9.96. The molecule has 1 amide bonds. The van der Waals surface area contributed by atoms with Crippen molar-refractivity contribution in [3.8, 4) is 0 Å². The number of para-hydroxylation sites is 1. The lowest BCUT2D eigenvalue weighted by Crippen LogP contribution is -2.24. The number of carbonyl (C=O) groups excluding carboxylic acids is 1. The lowest BCUT2D eigenvalue weighted by molar-refractivity contribution is -0.115. The van der Waals surface area contributed by atoms with E-state index in [0.717, 1.165) is 29.2 Å². The number of nitrogens with one attached hydrogen (secondary N) is 1. The molecule has 0 bridgehead atoms. The van der Waals surface area contributed by atoms with Crippen LogP contribution in [0.3, 0.4) is 0 Å². The zero-order valence-corrected chi connectivity index (χ0v) is 16.5. The average Bonchev–Trinajstić information content (AvgIpc) is 3.10. The maximum atomic E-state index is 12.7. The Labute approximate surface area is 159 Å². The zero-order valence-electron chi connectivity index (χ0n) is 15.7. The molecule has 1 aliphatic carbocycles. The number of benzene rings is 1. The van der Waals surface area contributed by atoms with Crippen LogP contribution in [0.2, 0.25) is 0 Å². The first kappa shape index (κ1) is 18.9. The van der Waals surface area contributed by atoms with E-state index in [9.17, 15) is 4.79 Å². The molecule has 1 saturated carbocycles. The van der Waals surface area contributed by atoms with Gasteiger partial charge < -0.3 is 5.32 Å².